The van der Waals surface area contributed by atoms with Crippen LogP contribution in [0.3, 0.4) is 0 Å². The first-order valence-electron chi connectivity index (χ1n) is 8.91. The number of hydrogen-bond donors (Lipinski definition) is 3. The van der Waals surface area contributed by atoms with E-state index in [0.717, 1.165) is 24.8 Å². The summed E-state index contributed by atoms with van der Waals surface area (Å²) in [5.41, 5.74) is 5.33. The van der Waals surface area contributed by atoms with Crippen molar-refractivity contribution in [2.24, 2.45) is 0 Å². The number of carbonyl (C=O) groups is 4. The van der Waals surface area contributed by atoms with Crippen LogP contribution in [-0.4, -0.2) is 48.2 Å². The second-order valence-electron chi connectivity index (χ2n) is 6.18. The molecule has 0 aliphatic carbocycles. The van der Waals surface area contributed by atoms with E-state index in [-0.39, 0.29) is 19.0 Å². The van der Waals surface area contributed by atoms with Crippen LogP contribution >= 0.6 is 0 Å². The molecule has 1 aromatic carbocycles. The van der Waals surface area contributed by atoms with Crippen LogP contribution in [0.25, 0.3) is 6.08 Å². The summed E-state index contributed by atoms with van der Waals surface area (Å²) in [5, 5.41) is 2.42. The van der Waals surface area contributed by atoms with Gasteiger partial charge in [0.15, 0.2) is 0 Å². The molecule has 0 spiro atoms. The summed E-state index contributed by atoms with van der Waals surface area (Å²) in [7, 11) is 0. The van der Waals surface area contributed by atoms with Gasteiger partial charge in [0.2, 0.25) is 11.8 Å². The molecule has 8 nitrogen and oxygen atoms in total. The van der Waals surface area contributed by atoms with E-state index in [1.807, 2.05) is 30.3 Å². The van der Waals surface area contributed by atoms with E-state index in [1.54, 1.807) is 6.08 Å². The summed E-state index contributed by atoms with van der Waals surface area (Å²) in [6.45, 7) is 0.177. The lowest BCUT2D eigenvalue weighted by Gasteiger charge is -2.19. The van der Waals surface area contributed by atoms with Crippen LogP contribution in [0, 0.1) is 0 Å². The molecule has 4 amide bonds. The van der Waals surface area contributed by atoms with E-state index < -0.39 is 17.7 Å². The monoisotopic (exact) mass is 372 g/mol. The highest BCUT2D eigenvalue weighted by Crippen LogP contribution is 2.10. The van der Waals surface area contributed by atoms with Crippen molar-refractivity contribution in [2.45, 2.75) is 25.7 Å². The predicted molar refractivity (Wildman–Crippen MR) is 99.8 cm³/mol. The molecule has 8 heteroatoms. The van der Waals surface area contributed by atoms with Crippen molar-refractivity contribution in [3.05, 3.63) is 42.0 Å². The molecular formula is C19H24N4O4. The van der Waals surface area contributed by atoms with E-state index in [2.05, 4.69) is 16.2 Å². The largest absolute Gasteiger partial charge is 0.343 e. The molecule has 0 aromatic heterocycles. The second kappa shape index (κ2) is 10.7. The van der Waals surface area contributed by atoms with Crippen molar-refractivity contribution < 1.29 is 19.2 Å². The van der Waals surface area contributed by atoms with Gasteiger partial charge < -0.3 is 10.2 Å². The van der Waals surface area contributed by atoms with Gasteiger partial charge in [-0.15, -0.1) is 0 Å². The van der Waals surface area contributed by atoms with Crippen molar-refractivity contribution in [1.82, 2.24) is 21.1 Å². The number of benzene rings is 1. The molecular weight excluding hydrogens is 348 g/mol. The zero-order chi connectivity index (χ0) is 19.5. The fraction of sp³-hybridized carbons (Fsp3) is 0.368. The molecule has 1 heterocycles. The Morgan fingerprint density at radius 2 is 1.74 bits per heavy atom. The minimum absolute atomic E-state index is 0.0496. The maximum absolute atomic E-state index is 11.9. The van der Waals surface area contributed by atoms with Gasteiger partial charge in [0.05, 0.1) is 6.54 Å². The molecule has 1 aromatic rings. The van der Waals surface area contributed by atoms with Crippen molar-refractivity contribution in [2.75, 3.05) is 19.6 Å². The first-order chi connectivity index (χ1) is 13.0. The summed E-state index contributed by atoms with van der Waals surface area (Å²) >= 11 is 0. The molecule has 3 N–H and O–H groups in total. The van der Waals surface area contributed by atoms with Gasteiger partial charge >= 0.3 is 0 Å². The normalized spacial score (nSPS) is 14.5. The number of likely N-dealkylation sites (tertiary alicyclic amines) is 1. The average Bonchev–Trinajstić information content (AvgIpc) is 2.88. The van der Waals surface area contributed by atoms with Crippen LogP contribution in [0.4, 0.5) is 0 Å². The SMILES string of the molecule is O=C(/C=C/c1ccccc1)NCC(=O)NNC(=O)CN1CCCCCC1=O. The van der Waals surface area contributed by atoms with Crippen LogP contribution < -0.4 is 16.2 Å². The highest BCUT2D eigenvalue weighted by Gasteiger charge is 2.19. The minimum Gasteiger partial charge on any atom is -0.343 e. The Kier molecular flexibility index (Phi) is 8.02. The highest BCUT2D eigenvalue weighted by atomic mass is 16.2. The van der Waals surface area contributed by atoms with E-state index in [9.17, 15) is 19.2 Å². The number of nitrogens with zero attached hydrogens (tertiary/aromatic N) is 1. The Labute approximate surface area is 158 Å². The Morgan fingerprint density at radius 3 is 2.52 bits per heavy atom. The second-order valence-corrected chi connectivity index (χ2v) is 6.18. The number of carbonyl (C=O) groups excluding carboxylic acids is 4. The lowest BCUT2D eigenvalue weighted by Crippen LogP contribution is -2.50. The first-order valence-corrected chi connectivity index (χ1v) is 8.91. The zero-order valence-electron chi connectivity index (χ0n) is 15.1. The molecule has 144 valence electrons. The fourth-order valence-corrected chi connectivity index (χ4v) is 2.56. The maximum atomic E-state index is 11.9. The summed E-state index contributed by atoms with van der Waals surface area (Å²) in [4.78, 5) is 48.6. The topological polar surface area (TPSA) is 108 Å². The molecule has 0 radical (unpaired) electrons. The quantitative estimate of drug-likeness (QED) is 0.495. The van der Waals surface area contributed by atoms with Gasteiger partial charge in [-0.25, -0.2) is 0 Å². The van der Waals surface area contributed by atoms with Crippen LogP contribution in [0.15, 0.2) is 36.4 Å². The van der Waals surface area contributed by atoms with Crippen molar-refractivity contribution >= 4 is 29.7 Å². The fourth-order valence-electron chi connectivity index (χ4n) is 2.56. The lowest BCUT2D eigenvalue weighted by atomic mass is 10.2. The molecule has 1 fully saturated rings. The molecule has 1 saturated heterocycles. The van der Waals surface area contributed by atoms with Gasteiger partial charge in [0.25, 0.3) is 11.8 Å². The van der Waals surface area contributed by atoms with E-state index >= 15 is 0 Å². The Morgan fingerprint density at radius 1 is 1.00 bits per heavy atom. The summed E-state index contributed by atoms with van der Waals surface area (Å²) < 4.78 is 0. The van der Waals surface area contributed by atoms with Crippen LogP contribution in [0.2, 0.25) is 0 Å². The van der Waals surface area contributed by atoms with Crippen molar-refractivity contribution in [1.29, 1.82) is 0 Å². The minimum atomic E-state index is -0.563. The molecule has 0 atom stereocenters. The predicted octanol–water partition coefficient (Wildman–Crippen LogP) is 0.366. The molecule has 0 saturated carbocycles. The summed E-state index contributed by atoms with van der Waals surface area (Å²) in [5.74, 6) is -1.51. The molecule has 0 unspecified atom stereocenters. The smallest absolute Gasteiger partial charge is 0.257 e. The van der Waals surface area contributed by atoms with Gasteiger partial charge in [-0.1, -0.05) is 36.8 Å². The maximum Gasteiger partial charge on any atom is 0.257 e. The third kappa shape index (κ3) is 7.72. The Bertz CT molecular complexity index is 703. The highest BCUT2D eigenvalue weighted by molar-refractivity contribution is 5.94. The Balaban J connectivity index is 1.65. The number of nitrogens with one attached hydrogen (secondary N) is 3. The summed E-state index contributed by atoms with van der Waals surface area (Å²) in [6.07, 6.45) is 6.08. The molecule has 0 bridgehead atoms. The van der Waals surface area contributed by atoms with Crippen molar-refractivity contribution in [3.63, 3.8) is 0 Å². The lowest BCUT2D eigenvalue weighted by molar-refractivity contribution is -0.136. The van der Waals surface area contributed by atoms with Gasteiger partial charge in [-0.3, -0.25) is 30.0 Å². The molecule has 2 rings (SSSR count). The molecule has 1 aliphatic heterocycles. The van der Waals surface area contributed by atoms with Crippen LogP contribution in [0.1, 0.15) is 31.2 Å². The number of amides is 4. The zero-order valence-corrected chi connectivity index (χ0v) is 15.1. The third-order valence-electron chi connectivity index (χ3n) is 4.00. The van der Waals surface area contributed by atoms with Gasteiger partial charge in [-0.05, 0) is 24.5 Å². The number of rotatable bonds is 6. The van der Waals surface area contributed by atoms with Gasteiger partial charge in [0, 0.05) is 19.0 Å². The standard InChI is InChI=1S/C19H24N4O4/c24-16(11-10-15-7-3-1-4-8-15)20-13-17(25)21-22-18(26)14-23-12-6-2-5-9-19(23)27/h1,3-4,7-8,10-11H,2,5-6,9,12-14H2,(H,20,24)(H,21,25)(H,22,26)/b11-10+. The van der Waals surface area contributed by atoms with E-state index in [0.29, 0.717) is 13.0 Å². The van der Waals surface area contributed by atoms with Crippen LogP contribution in [0.5, 0.6) is 0 Å². The molecule has 1 aliphatic rings. The average molecular weight is 372 g/mol. The first kappa shape index (κ1) is 20.2. The van der Waals surface area contributed by atoms with Gasteiger partial charge in [-0.2, -0.15) is 0 Å². The summed E-state index contributed by atoms with van der Waals surface area (Å²) in [6, 6.07) is 9.28. The molecule has 27 heavy (non-hydrogen) atoms. The van der Waals surface area contributed by atoms with E-state index in [1.165, 1.54) is 11.0 Å². The Hall–Kier alpha value is -3.16. The van der Waals surface area contributed by atoms with Gasteiger partial charge in [0.1, 0.15) is 6.54 Å². The number of hydrazine groups is 1. The van der Waals surface area contributed by atoms with E-state index in [4.69, 9.17) is 0 Å². The number of hydrogen-bond acceptors (Lipinski definition) is 4. The van der Waals surface area contributed by atoms with Crippen LogP contribution in [-0.2, 0) is 19.2 Å². The van der Waals surface area contributed by atoms with Crippen molar-refractivity contribution in [3.8, 4) is 0 Å². The third-order valence-corrected chi connectivity index (χ3v) is 4.00.